The molecule has 2 rings (SSSR count). The third-order valence-corrected chi connectivity index (χ3v) is 2.23. The monoisotopic (exact) mass is 216 g/mol. The van der Waals surface area contributed by atoms with Gasteiger partial charge in [0.05, 0.1) is 18.7 Å². The van der Waals surface area contributed by atoms with Crippen LogP contribution in [0.3, 0.4) is 0 Å². The largest absolute Gasteiger partial charge is 0.464 e. The van der Waals surface area contributed by atoms with Crippen molar-refractivity contribution in [3.05, 3.63) is 29.3 Å². The van der Waals surface area contributed by atoms with Crippen LogP contribution in [-0.2, 0) is 16.0 Å². The molecule has 1 aromatic carbocycles. The molecule has 5 heteroatoms. The number of oxime groups is 1. The molecule has 1 aliphatic rings. The predicted molar refractivity (Wildman–Crippen MR) is 54.9 cm³/mol. The molecule has 0 fully saturated rings. The summed E-state index contributed by atoms with van der Waals surface area (Å²) in [5.74, 6) is 0.00159. The van der Waals surface area contributed by atoms with E-state index in [0.29, 0.717) is 17.7 Å². The maximum atomic E-state index is 11.2. The number of fused-ring (bicyclic) bond motifs is 1. The third-order valence-electron chi connectivity index (χ3n) is 2.23. The number of ether oxygens (including phenoxy) is 1. The average molecular weight is 216 g/mol. The molecule has 0 saturated heterocycles. The van der Waals surface area contributed by atoms with Gasteiger partial charge in [-0.2, -0.15) is 5.26 Å². The highest BCUT2D eigenvalue weighted by Crippen LogP contribution is 2.24. The molecule has 5 nitrogen and oxygen atoms in total. The number of benzene rings is 1. The zero-order chi connectivity index (χ0) is 11.5. The van der Waals surface area contributed by atoms with E-state index in [2.05, 4.69) is 9.89 Å². The molecule has 0 bridgehead atoms. The number of methoxy groups -OCH3 is 1. The molecule has 0 radical (unpaired) electrons. The fourth-order valence-corrected chi connectivity index (χ4v) is 1.40. The van der Waals surface area contributed by atoms with Crippen LogP contribution in [0.15, 0.2) is 23.4 Å². The lowest BCUT2D eigenvalue weighted by Gasteiger charge is -2.13. The molecular formula is C11H8N2O3. The fourth-order valence-electron chi connectivity index (χ4n) is 1.40. The second-order valence-corrected chi connectivity index (χ2v) is 3.23. The summed E-state index contributed by atoms with van der Waals surface area (Å²) in [7, 11) is 1.29. The Morgan fingerprint density at radius 3 is 3.12 bits per heavy atom. The summed E-state index contributed by atoms with van der Waals surface area (Å²) in [4.78, 5) is 16.3. The normalized spacial score (nSPS) is 12.9. The van der Waals surface area contributed by atoms with Crippen molar-refractivity contribution in [2.45, 2.75) is 6.42 Å². The summed E-state index contributed by atoms with van der Waals surface area (Å²) in [6.07, 6.45) is 0.355. The minimum atomic E-state index is -0.505. The van der Waals surface area contributed by atoms with Crippen LogP contribution >= 0.6 is 0 Å². The van der Waals surface area contributed by atoms with Crippen molar-refractivity contribution >= 4 is 11.7 Å². The van der Waals surface area contributed by atoms with Crippen molar-refractivity contribution in [1.29, 1.82) is 5.26 Å². The number of nitrogens with zero attached hydrogens (tertiary/aromatic N) is 2. The minimum absolute atomic E-state index is 0.222. The predicted octanol–water partition coefficient (Wildman–Crippen LogP) is 1.02. The van der Waals surface area contributed by atoms with Crippen molar-refractivity contribution in [1.82, 2.24) is 0 Å². The molecule has 0 spiro atoms. The van der Waals surface area contributed by atoms with Crippen LogP contribution in [0.5, 0.6) is 5.75 Å². The Labute approximate surface area is 91.9 Å². The zero-order valence-electron chi connectivity index (χ0n) is 8.56. The molecule has 16 heavy (non-hydrogen) atoms. The standard InChI is InChI=1S/C11H8N2O3/c1-15-11(14)9-5-8-3-2-7(6-12)4-10(8)16-13-9/h2-4H,5H2,1H3. The van der Waals surface area contributed by atoms with E-state index in [9.17, 15) is 4.79 Å². The van der Waals surface area contributed by atoms with Crippen LogP contribution in [0.4, 0.5) is 0 Å². The molecular weight excluding hydrogens is 208 g/mol. The van der Waals surface area contributed by atoms with Gasteiger partial charge in [-0.1, -0.05) is 11.2 Å². The smallest absolute Gasteiger partial charge is 0.356 e. The fraction of sp³-hybridized carbons (Fsp3) is 0.182. The molecule has 0 N–H and O–H groups in total. The van der Waals surface area contributed by atoms with Gasteiger partial charge in [0.15, 0.2) is 11.5 Å². The highest BCUT2D eigenvalue weighted by molar-refractivity contribution is 6.37. The van der Waals surface area contributed by atoms with Gasteiger partial charge < -0.3 is 9.57 Å². The van der Waals surface area contributed by atoms with Crippen LogP contribution in [-0.4, -0.2) is 18.8 Å². The van der Waals surface area contributed by atoms with Gasteiger partial charge in [0.2, 0.25) is 0 Å². The van der Waals surface area contributed by atoms with Crippen LogP contribution in [0.1, 0.15) is 11.1 Å². The van der Waals surface area contributed by atoms with E-state index < -0.39 is 5.97 Å². The average Bonchev–Trinajstić information content (AvgIpc) is 2.36. The summed E-state index contributed by atoms with van der Waals surface area (Å²) in [6.45, 7) is 0. The molecule has 0 unspecified atom stereocenters. The molecule has 0 atom stereocenters. The van der Waals surface area contributed by atoms with Gasteiger partial charge in [-0.15, -0.1) is 0 Å². The second kappa shape index (κ2) is 4.03. The summed E-state index contributed by atoms with van der Waals surface area (Å²) < 4.78 is 4.55. The first-order valence-corrected chi connectivity index (χ1v) is 4.60. The Kier molecular flexibility index (Phi) is 2.56. The topological polar surface area (TPSA) is 71.7 Å². The van der Waals surface area contributed by atoms with E-state index >= 15 is 0 Å². The summed E-state index contributed by atoms with van der Waals surface area (Å²) in [5, 5.41) is 12.4. The molecule has 0 amide bonds. The first-order chi connectivity index (χ1) is 7.74. The molecule has 0 saturated carbocycles. The van der Waals surface area contributed by atoms with E-state index in [1.54, 1.807) is 18.2 Å². The van der Waals surface area contributed by atoms with Crippen LogP contribution < -0.4 is 4.84 Å². The van der Waals surface area contributed by atoms with Crippen molar-refractivity contribution in [2.75, 3.05) is 7.11 Å². The van der Waals surface area contributed by atoms with Crippen molar-refractivity contribution in [3.8, 4) is 11.8 Å². The Balaban J connectivity index is 2.29. The Morgan fingerprint density at radius 2 is 2.44 bits per heavy atom. The van der Waals surface area contributed by atoms with Crippen molar-refractivity contribution in [3.63, 3.8) is 0 Å². The lowest BCUT2D eigenvalue weighted by atomic mass is 10.0. The minimum Gasteiger partial charge on any atom is -0.464 e. The highest BCUT2D eigenvalue weighted by Gasteiger charge is 2.21. The van der Waals surface area contributed by atoms with E-state index in [1.807, 2.05) is 6.07 Å². The van der Waals surface area contributed by atoms with E-state index in [1.165, 1.54) is 7.11 Å². The lowest BCUT2D eigenvalue weighted by molar-refractivity contribution is -0.133. The van der Waals surface area contributed by atoms with E-state index in [4.69, 9.17) is 10.1 Å². The SMILES string of the molecule is COC(=O)C1=NOc2cc(C#N)ccc2C1. The van der Waals surface area contributed by atoms with Gasteiger partial charge in [-0.25, -0.2) is 4.79 Å². The van der Waals surface area contributed by atoms with Crippen LogP contribution in [0, 0.1) is 11.3 Å². The summed E-state index contributed by atoms with van der Waals surface area (Å²) >= 11 is 0. The van der Waals surface area contributed by atoms with Crippen molar-refractivity contribution in [2.24, 2.45) is 5.16 Å². The van der Waals surface area contributed by atoms with Gasteiger partial charge in [0.25, 0.3) is 0 Å². The Bertz CT molecular complexity index is 514. The molecule has 1 heterocycles. The zero-order valence-corrected chi connectivity index (χ0v) is 8.56. The van der Waals surface area contributed by atoms with Gasteiger partial charge in [-0.05, 0) is 6.07 Å². The maximum absolute atomic E-state index is 11.2. The first kappa shape index (κ1) is 10.2. The number of hydrogen-bond donors (Lipinski definition) is 0. The number of esters is 1. The number of carbonyl (C=O) groups excluding carboxylic acids is 1. The van der Waals surface area contributed by atoms with Crippen LogP contribution in [0.2, 0.25) is 0 Å². The molecule has 1 aliphatic heterocycles. The van der Waals surface area contributed by atoms with Gasteiger partial charge in [0.1, 0.15) is 0 Å². The highest BCUT2D eigenvalue weighted by atomic mass is 16.6. The maximum Gasteiger partial charge on any atom is 0.356 e. The molecule has 0 aromatic heterocycles. The van der Waals surface area contributed by atoms with Crippen molar-refractivity contribution < 1.29 is 14.4 Å². The second-order valence-electron chi connectivity index (χ2n) is 3.23. The number of rotatable bonds is 1. The van der Waals surface area contributed by atoms with Crippen LogP contribution in [0.25, 0.3) is 0 Å². The van der Waals surface area contributed by atoms with Gasteiger partial charge in [-0.3, -0.25) is 0 Å². The third kappa shape index (κ3) is 1.73. The Morgan fingerprint density at radius 1 is 1.62 bits per heavy atom. The van der Waals surface area contributed by atoms with E-state index in [0.717, 1.165) is 5.56 Å². The number of hydrogen-bond acceptors (Lipinski definition) is 5. The summed E-state index contributed by atoms with van der Waals surface area (Å²) in [5.41, 5.74) is 1.53. The number of nitriles is 1. The first-order valence-electron chi connectivity index (χ1n) is 4.60. The lowest BCUT2D eigenvalue weighted by Crippen LogP contribution is -2.22. The van der Waals surface area contributed by atoms with Gasteiger partial charge in [0, 0.05) is 18.1 Å². The molecule has 0 aliphatic carbocycles. The molecule has 1 aromatic rings. The van der Waals surface area contributed by atoms with E-state index in [-0.39, 0.29) is 5.71 Å². The quantitative estimate of drug-likeness (QED) is 0.657. The van der Waals surface area contributed by atoms with Gasteiger partial charge >= 0.3 is 5.97 Å². The number of carbonyl (C=O) groups is 1. The molecule has 80 valence electrons. The summed E-state index contributed by atoms with van der Waals surface area (Å²) in [6, 6.07) is 7.00. The Hall–Kier alpha value is -2.35.